The third-order valence-electron chi connectivity index (χ3n) is 2.83. The molecule has 0 bridgehead atoms. The maximum Gasteiger partial charge on any atom is 0.269 e. The molecule has 0 spiro atoms. The SMILES string of the molecule is Br.CC1(C)N=C(N)N=C(N)N1OCc1ccc([N+](=O)[O-])cc1. The van der Waals surface area contributed by atoms with Gasteiger partial charge in [0.05, 0.1) is 4.92 Å². The van der Waals surface area contributed by atoms with Gasteiger partial charge < -0.3 is 11.5 Å². The number of halogens is 1. The lowest BCUT2D eigenvalue weighted by Crippen LogP contribution is -2.53. The number of nitro benzene ring substituents is 1. The van der Waals surface area contributed by atoms with Crippen molar-refractivity contribution in [1.82, 2.24) is 5.06 Å². The largest absolute Gasteiger partial charge is 0.368 e. The Balaban J connectivity index is 0.00000242. The van der Waals surface area contributed by atoms with Gasteiger partial charge in [0.1, 0.15) is 6.61 Å². The van der Waals surface area contributed by atoms with Crippen molar-refractivity contribution >= 4 is 34.6 Å². The fourth-order valence-corrected chi connectivity index (χ4v) is 1.87. The summed E-state index contributed by atoms with van der Waals surface area (Å²) in [5.74, 6) is 0.196. The highest BCUT2D eigenvalue weighted by atomic mass is 79.9. The molecular weight excluding hydrogens is 356 g/mol. The van der Waals surface area contributed by atoms with Gasteiger partial charge in [0.25, 0.3) is 5.69 Å². The molecule has 9 nitrogen and oxygen atoms in total. The van der Waals surface area contributed by atoms with Gasteiger partial charge in [0.15, 0.2) is 5.66 Å². The van der Waals surface area contributed by atoms with Crippen molar-refractivity contribution in [2.75, 3.05) is 0 Å². The van der Waals surface area contributed by atoms with Crippen LogP contribution in [0.25, 0.3) is 0 Å². The second kappa shape index (κ2) is 6.71. The Hall–Kier alpha value is -2.20. The molecule has 0 atom stereocenters. The standard InChI is InChI=1S/C12H16N6O3.BrH/c1-12(2)16-10(13)15-11(14)17(12)21-7-8-3-5-9(6-4-8)18(19)20;/h3-6H,7H2,1-2H3,(H4,13,14,15,16);1H. The molecule has 0 unspecified atom stereocenters. The Kier molecular flexibility index (Phi) is 5.44. The summed E-state index contributed by atoms with van der Waals surface area (Å²) >= 11 is 0. The third kappa shape index (κ3) is 3.92. The molecule has 0 saturated carbocycles. The molecule has 0 aliphatic carbocycles. The summed E-state index contributed by atoms with van der Waals surface area (Å²) in [5, 5.41) is 11.9. The number of guanidine groups is 2. The van der Waals surface area contributed by atoms with E-state index in [9.17, 15) is 10.1 Å². The number of aliphatic imine (C=N–C) groups is 2. The van der Waals surface area contributed by atoms with E-state index in [1.165, 1.54) is 17.2 Å². The summed E-state index contributed by atoms with van der Waals surface area (Å²) in [5.41, 5.74) is 11.3. The van der Waals surface area contributed by atoms with Crippen LogP contribution >= 0.6 is 17.0 Å². The molecule has 0 fully saturated rings. The van der Waals surface area contributed by atoms with Gasteiger partial charge in [0, 0.05) is 12.1 Å². The fraction of sp³-hybridized carbons (Fsp3) is 0.333. The van der Waals surface area contributed by atoms with Crippen LogP contribution < -0.4 is 11.5 Å². The van der Waals surface area contributed by atoms with Crippen LogP contribution in [0.2, 0.25) is 0 Å². The fourth-order valence-electron chi connectivity index (χ4n) is 1.87. The molecule has 120 valence electrons. The van der Waals surface area contributed by atoms with E-state index >= 15 is 0 Å². The van der Waals surface area contributed by atoms with Crippen molar-refractivity contribution in [1.29, 1.82) is 0 Å². The molecule has 1 aliphatic rings. The Bertz CT molecular complexity index is 614. The van der Waals surface area contributed by atoms with Crippen LogP contribution in [0.15, 0.2) is 34.3 Å². The molecule has 4 N–H and O–H groups in total. The number of benzene rings is 1. The van der Waals surface area contributed by atoms with Crippen molar-refractivity contribution in [3.8, 4) is 0 Å². The van der Waals surface area contributed by atoms with Crippen molar-refractivity contribution in [2.45, 2.75) is 26.1 Å². The molecule has 2 rings (SSSR count). The van der Waals surface area contributed by atoms with Gasteiger partial charge >= 0.3 is 0 Å². The molecule has 1 aromatic carbocycles. The summed E-state index contributed by atoms with van der Waals surface area (Å²) in [6, 6.07) is 6.04. The number of hydrogen-bond acceptors (Lipinski definition) is 8. The van der Waals surface area contributed by atoms with Crippen LogP contribution in [0.1, 0.15) is 19.4 Å². The second-order valence-corrected chi connectivity index (χ2v) is 4.93. The number of non-ortho nitro benzene ring substituents is 1. The monoisotopic (exact) mass is 372 g/mol. The minimum Gasteiger partial charge on any atom is -0.368 e. The zero-order valence-electron chi connectivity index (χ0n) is 12.1. The maximum atomic E-state index is 10.6. The number of hydroxylamine groups is 2. The van der Waals surface area contributed by atoms with E-state index in [0.29, 0.717) is 0 Å². The molecular formula is C12H17BrN6O3. The lowest BCUT2D eigenvalue weighted by molar-refractivity contribution is -0.384. The summed E-state index contributed by atoms with van der Waals surface area (Å²) in [6.07, 6.45) is 0. The first-order valence-electron chi connectivity index (χ1n) is 6.15. The molecule has 0 radical (unpaired) electrons. The van der Waals surface area contributed by atoms with Gasteiger partial charge in [-0.15, -0.1) is 17.0 Å². The first-order chi connectivity index (χ1) is 9.79. The highest BCUT2D eigenvalue weighted by Crippen LogP contribution is 2.21. The number of hydrogen-bond donors (Lipinski definition) is 2. The predicted molar refractivity (Wildman–Crippen MR) is 87.4 cm³/mol. The summed E-state index contributed by atoms with van der Waals surface area (Å²) < 4.78 is 0. The average Bonchev–Trinajstić information content (AvgIpc) is 2.36. The zero-order chi connectivity index (χ0) is 15.6. The zero-order valence-corrected chi connectivity index (χ0v) is 13.8. The number of nitro groups is 1. The topological polar surface area (TPSA) is 132 Å². The van der Waals surface area contributed by atoms with Crippen molar-refractivity contribution in [3.63, 3.8) is 0 Å². The quantitative estimate of drug-likeness (QED) is 0.604. The van der Waals surface area contributed by atoms with Crippen LogP contribution in [0.5, 0.6) is 0 Å². The predicted octanol–water partition coefficient (Wildman–Crippen LogP) is 1.29. The van der Waals surface area contributed by atoms with Gasteiger partial charge in [-0.25, -0.2) is 4.99 Å². The lowest BCUT2D eigenvalue weighted by Gasteiger charge is -2.36. The minimum atomic E-state index is -0.781. The minimum absolute atomic E-state index is 0. The van der Waals surface area contributed by atoms with Crippen LogP contribution in [0.4, 0.5) is 5.69 Å². The molecule has 1 aliphatic heterocycles. The van der Waals surface area contributed by atoms with Crippen molar-refractivity contribution in [3.05, 3.63) is 39.9 Å². The Morgan fingerprint density at radius 1 is 1.32 bits per heavy atom. The van der Waals surface area contributed by atoms with E-state index in [2.05, 4.69) is 9.98 Å². The summed E-state index contributed by atoms with van der Waals surface area (Å²) in [6.45, 7) is 3.72. The number of nitrogens with two attached hydrogens (primary N) is 2. The molecule has 1 aromatic rings. The van der Waals surface area contributed by atoms with E-state index in [-0.39, 0.29) is 41.2 Å². The molecule has 0 amide bonds. The number of nitrogens with zero attached hydrogens (tertiary/aromatic N) is 4. The van der Waals surface area contributed by atoms with Crippen LogP contribution in [0.3, 0.4) is 0 Å². The Labute approximate surface area is 137 Å². The van der Waals surface area contributed by atoms with Crippen molar-refractivity contribution < 1.29 is 9.76 Å². The van der Waals surface area contributed by atoms with Crippen LogP contribution in [-0.2, 0) is 11.4 Å². The van der Waals surface area contributed by atoms with E-state index in [4.69, 9.17) is 16.3 Å². The van der Waals surface area contributed by atoms with Crippen LogP contribution in [-0.4, -0.2) is 27.6 Å². The van der Waals surface area contributed by atoms with Gasteiger partial charge in [-0.1, -0.05) is 0 Å². The third-order valence-corrected chi connectivity index (χ3v) is 2.83. The lowest BCUT2D eigenvalue weighted by atomic mass is 10.2. The molecule has 1 heterocycles. The van der Waals surface area contributed by atoms with Crippen molar-refractivity contribution in [2.24, 2.45) is 21.5 Å². The summed E-state index contributed by atoms with van der Waals surface area (Å²) in [7, 11) is 0. The molecule has 0 aromatic heterocycles. The Morgan fingerprint density at radius 3 is 2.41 bits per heavy atom. The van der Waals surface area contributed by atoms with E-state index in [1.54, 1.807) is 26.0 Å². The normalized spacial score (nSPS) is 16.4. The Morgan fingerprint density at radius 2 is 1.91 bits per heavy atom. The van der Waals surface area contributed by atoms with Crippen LogP contribution in [0, 0.1) is 10.1 Å². The van der Waals surface area contributed by atoms with E-state index < -0.39 is 10.6 Å². The first kappa shape index (κ1) is 17.9. The first-order valence-corrected chi connectivity index (χ1v) is 6.15. The summed E-state index contributed by atoms with van der Waals surface area (Å²) in [4.78, 5) is 23.7. The van der Waals surface area contributed by atoms with Gasteiger partial charge in [-0.05, 0) is 31.5 Å². The van der Waals surface area contributed by atoms with Gasteiger partial charge in [0.2, 0.25) is 11.9 Å². The molecule has 10 heteroatoms. The molecule has 22 heavy (non-hydrogen) atoms. The molecule has 0 saturated heterocycles. The smallest absolute Gasteiger partial charge is 0.269 e. The van der Waals surface area contributed by atoms with Gasteiger partial charge in [-0.2, -0.15) is 10.1 Å². The van der Waals surface area contributed by atoms with E-state index in [0.717, 1.165) is 5.56 Å². The highest BCUT2D eigenvalue weighted by molar-refractivity contribution is 8.93. The maximum absolute atomic E-state index is 10.6. The average molecular weight is 373 g/mol. The van der Waals surface area contributed by atoms with E-state index in [1.807, 2.05) is 0 Å². The highest BCUT2D eigenvalue weighted by Gasteiger charge is 2.33. The van der Waals surface area contributed by atoms with Gasteiger partial charge in [-0.3, -0.25) is 15.0 Å². The number of rotatable bonds is 4. The second-order valence-electron chi connectivity index (χ2n) is 4.93.